The average molecular weight is 305 g/mol. The number of oxime groups is 1. The third-order valence-corrected chi connectivity index (χ3v) is 4.11. The zero-order valence-electron chi connectivity index (χ0n) is 11.1. The second-order valence-corrected chi connectivity index (χ2v) is 6.44. The van der Waals surface area contributed by atoms with E-state index >= 15 is 0 Å². The van der Waals surface area contributed by atoms with Crippen LogP contribution in [0, 0.1) is 6.92 Å². The van der Waals surface area contributed by atoms with Crippen LogP contribution in [0.3, 0.4) is 0 Å². The molecule has 19 heavy (non-hydrogen) atoms. The topological polar surface area (TPSA) is 67.8 Å². The fourth-order valence-electron chi connectivity index (χ4n) is 1.33. The highest BCUT2D eigenvalue weighted by Gasteiger charge is 2.16. The molecule has 1 N–H and O–H groups in total. The monoisotopic (exact) mass is 304 g/mol. The van der Waals surface area contributed by atoms with Crippen LogP contribution in [0.4, 0.5) is 0 Å². The van der Waals surface area contributed by atoms with Crippen molar-refractivity contribution in [2.24, 2.45) is 5.16 Å². The lowest BCUT2D eigenvalue weighted by atomic mass is 10.2. The van der Waals surface area contributed by atoms with E-state index in [1.54, 1.807) is 31.2 Å². The number of nitrogens with one attached hydrogen (secondary N) is 1. The van der Waals surface area contributed by atoms with Crippen molar-refractivity contribution >= 4 is 27.3 Å². The highest BCUT2D eigenvalue weighted by Crippen LogP contribution is 2.10. The molecule has 0 fully saturated rings. The fraction of sp³-hybridized carbons (Fsp3) is 0.417. The molecule has 5 nitrogen and oxygen atoms in total. The van der Waals surface area contributed by atoms with Gasteiger partial charge in [0.05, 0.1) is 22.5 Å². The predicted octanol–water partition coefficient (Wildman–Crippen LogP) is 1.90. The van der Waals surface area contributed by atoms with E-state index in [2.05, 4.69) is 14.7 Å². The van der Waals surface area contributed by atoms with Crippen LogP contribution in [-0.2, 0) is 14.9 Å². The summed E-state index contributed by atoms with van der Waals surface area (Å²) in [6.07, 6.45) is 0. The van der Waals surface area contributed by atoms with E-state index in [9.17, 15) is 8.42 Å². The molecule has 0 aliphatic rings. The van der Waals surface area contributed by atoms with Gasteiger partial charge >= 0.3 is 0 Å². The maximum Gasteiger partial charge on any atom is 0.240 e. The molecular weight excluding hydrogens is 288 g/mol. The summed E-state index contributed by atoms with van der Waals surface area (Å²) in [5.41, 5.74) is 1.41. The van der Waals surface area contributed by atoms with Crippen LogP contribution in [0.1, 0.15) is 12.5 Å². The molecule has 0 aromatic heterocycles. The molecule has 1 rings (SSSR count). The van der Waals surface area contributed by atoms with Crippen molar-refractivity contribution in [3.63, 3.8) is 0 Å². The molecule has 0 bridgehead atoms. The number of hydrogen-bond donors (Lipinski definition) is 1. The van der Waals surface area contributed by atoms with Gasteiger partial charge in [0, 0.05) is 0 Å². The van der Waals surface area contributed by atoms with E-state index < -0.39 is 15.4 Å². The third-order valence-electron chi connectivity index (χ3n) is 2.44. The van der Waals surface area contributed by atoms with E-state index in [1.165, 1.54) is 7.11 Å². The van der Waals surface area contributed by atoms with E-state index in [1.807, 2.05) is 6.92 Å². The lowest BCUT2D eigenvalue weighted by molar-refractivity contribution is 0.212. The molecule has 1 unspecified atom stereocenters. The molecule has 0 heterocycles. The molecule has 106 valence electrons. The Labute approximate surface area is 118 Å². The van der Waals surface area contributed by atoms with Gasteiger partial charge in [0.25, 0.3) is 0 Å². The zero-order valence-corrected chi connectivity index (χ0v) is 12.6. The summed E-state index contributed by atoms with van der Waals surface area (Å²) in [5, 5.41) is 3.28. The molecule has 0 aliphatic carbocycles. The summed E-state index contributed by atoms with van der Waals surface area (Å²) in [6, 6.07) is 6.58. The van der Waals surface area contributed by atoms with Crippen molar-refractivity contribution in [1.29, 1.82) is 0 Å². The number of alkyl halides is 1. The standard InChI is InChI=1S/C12H17ClN2O3S/c1-9-4-6-11(7-5-9)19(16,17)14-8-12(10(2)13)15-18-3/h4-7,10,14H,8H2,1-3H3/b15-12+. The maximum atomic E-state index is 12.0. The number of nitrogens with zero attached hydrogens (tertiary/aromatic N) is 1. The second kappa shape index (κ2) is 6.88. The third kappa shape index (κ3) is 4.81. The first-order valence-electron chi connectivity index (χ1n) is 5.67. The Kier molecular flexibility index (Phi) is 5.78. The second-order valence-electron chi connectivity index (χ2n) is 4.02. The van der Waals surface area contributed by atoms with Crippen LogP contribution in [0.5, 0.6) is 0 Å². The van der Waals surface area contributed by atoms with Gasteiger partial charge in [-0.05, 0) is 26.0 Å². The largest absolute Gasteiger partial charge is 0.399 e. The Morgan fingerprint density at radius 2 is 2.00 bits per heavy atom. The van der Waals surface area contributed by atoms with Gasteiger partial charge in [0.1, 0.15) is 7.11 Å². The number of benzene rings is 1. The minimum absolute atomic E-state index is 0.00865. The molecule has 0 amide bonds. The SMILES string of the molecule is CO/N=C(\CNS(=O)(=O)c1ccc(C)cc1)C(C)Cl. The Balaban J connectivity index is 2.81. The first-order chi connectivity index (χ1) is 8.86. The first-order valence-corrected chi connectivity index (χ1v) is 7.59. The molecule has 0 radical (unpaired) electrons. The van der Waals surface area contributed by atoms with Gasteiger partial charge in [0.15, 0.2) is 0 Å². The van der Waals surface area contributed by atoms with E-state index in [-0.39, 0.29) is 11.4 Å². The smallest absolute Gasteiger partial charge is 0.240 e. The van der Waals surface area contributed by atoms with Gasteiger partial charge in [-0.1, -0.05) is 22.9 Å². The molecular formula is C12H17ClN2O3S. The lowest BCUT2D eigenvalue weighted by Gasteiger charge is -2.10. The number of halogens is 1. The average Bonchev–Trinajstić information content (AvgIpc) is 2.34. The summed E-state index contributed by atoms with van der Waals surface area (Å²) in [7, 11) is -2.19. The Morgan fingerprint density at radius 1 is 1.42 bits per heavy atom. The van der Waals surface area contributed by atoms with E-state index in [0.29, 0.717) is 5.71 Å². The van der Waals surface area contributed by atoms with E-state index in [4.69, 9.17) is 11.6 Å². The number of sulfonamides is 1. The van der Waals surface area contributed by atoms with Crippen LogP contribution in [0.25, 0.3) is 0 Å². The van der Waals surface area contributed by atoms with Crippen LogP contribution >= 0.6 is 11.6 Å². The minimum Gasteiger partial charge on any atom is -0.399 e. The van der Waals surface area contributed by atoms with Gasteiger partial charge in [-0.25, -0.2) is 13.1 Å². The van der Waals surface area contributed by atoms with Crippen molar-refractivity contribution < 1.29 is 13.3 Å². The lowest BCUT2D eigenvalue weighted by Crippen LogP contribution is -2.32. The quantitative estimate of drug-likeness (QED) is 0.496. The fourth-order valence-corrected chi connectivity index (χ4v) is 2.45. The number of hydrogen-bond acceptors (Lipinski definition) is 4. The van der Waals surface area contributed by atoms with Gasteiger partial charge in [-0.15, -0.1) is 11.6 Å². The van der Waals surface area contributed by atoms with Crippen molar-refractivity contribution in [2.45, 2.75) is 24.1 Å². The van der Waals surface area contributed by atoms with Crippen molar-refractivity contribution in [3.05, 3.63) is 29.8 Å². The molecule has 7 heteroatoms. The zero-order chi connectivity index (χ0) is 14.5. The normalized spacial score (nSPS) is 14.2. The molecule has 0 saturated heterocycles. The molecule has 0 spiro atoms. The van der Waals surface area contributed by atoms with Crippen LogP contribution in [-0.4, -0.2) is 33.2 Å². The highest BCUT2D eigenvalue weighted by molar-refractivity contribution is 7.89. The minimum atomic E-state index is -3.57. The number of aryl methyl sites for hydroxylation is 1. The molecule has 1 aromatic carbocycles. The Morgan fingerprint density at radius 3 is 2.47 bits per heavy atom. The summed E-state index contributed by atoms with van der Waals surface area (Å²) >= 11 is 5.87. The highest BCUT2D eigenvalue weighted by atomic mass is 35.5. The first kappa shape index (κ1) is 15.9. The van der Waals surface area contributed by atoms with Crippen LogP contribution in [0.15, 0.2) is 34.3 Å². The summed E-state index contributed by atoms with van der Waals surface area (Å²) in [5.74, 6) is 0. The summed E-state index contributed by atoms with van der Waals surface area (Å²) < 4.78 is 26.5. The van der Waals surface area contributed by atoms with E-state index in [0.717, 1.165) is 5.56 Å². The number of rotatable bonds is 6. The van der Waals surface area contributed by atoms with Gasteiger partial charge in [0.2, 0.25) is 10.0 Å². The summed E-state index contributed by atoms with van der Waals surface area (Å²) in [6.45, 7) is 3.59. The molecule has 1 atom stereocenters. The van der Waals surface area contributed by atoms with Crippen molar-refractivity contribution in [3.8, 4) is 0 Å². The molecule has 1 aromatic rings. The van der Waals surface area contributed by atoms with Crippen LogP contribution in [0.2, 0.25) is 0 Å². The van der Waals surface area contributed by atoms with Gasteiger partial charge < -0.3 is 4.84 Å². The van der Waals surface area contributed by atoms with Gasteiger partial charge in [-0.2, -0.15) is 0 Å². The van der Waals surface area contributed by atoms with Crippen molar-refractivity contribution in [1.82, 2.24) is 4.72 Å². The summed E-state index contributed by atoms with van der Waals surface area (Å²) in [4.78, 5) is 4.83. The van der Waals surface area contributed by atoms with Crippen molar-refractivity contribution in [2.75, 3.05) is 13.7 Å². The maximum absolute atomic E-state index is 12.0. The molecule has 0 saturated carbocycles. The Bertz CT molecular complexity index is 539. The predicted molar refractivity (Wildman–Crippen MR) is 76.1 cm³/mol. The molecule has 0 aliphatic heterocycles. The Hall–Kier alpha value is -1.11. The van der Waals surface area contributed by atoms with Crippen LogP contribution < -0.4 is 4.72 Å². The van der Waals surface area contributed by atoms with Gasteiger partial charge in [-0.3, -0.25) is 0 Å².